The van der Waals surface area contributed by atoms with Crippen molar-refractivity contribution in [3.8, 4) is 0 Å². The zero-order valence-corrected chi connectivity index (χ0v) is 19.1. The Morgan fingerprint density at radius 3 is 2.66 bits per heavy atom. The molecule has 2 heterocycles. The van der Waals surface area contributed by atoms with Crippen molar-refractivity contribution in [2.24, 2.45) is 5.92 Å². The molecule has 2 aromatic heterocycles. The van der Waals surface area contributed by atoms with Gasteiger partial charge in [0.25, 0.3) is 0 Å². The first-order valence-electron chi connectivity index (χ1n) is 11.0. The topological polar surface area (TPSA) is 42.7 Å². The lowest BCUT2D eigenvalue weighted by Crippen LogP contribution is -2.19. The minimum Gasteiger partial charge on any atom is -0.367 e. The van der Waals surface area contributed by atoms with Gasteiger partial charge in [-0.05, 0) is 53.6 Å². The van der Waals surface area contributed by atoms with Gasteiger partial charge in [0.05, 0.1) is 9.86 Å². The molecule has 0 unspecified atom stereocenters. The van der Waals surface area contributed by atoms with E-state index in [1.165, 1.54) is 43.4 Å². The highest BCUT2D eigenvalue weighted by Crippen LogP contribution is 2.36. The predicted octanol–water partition coefficient (Wildman–Crippen LogP) is 6.38. The van der Waals surface area contributed by atoms with E-state index in [4.69, 9.17) is 0 Å². The van der Waals surface area contributed by atoms with E-state index in [1.54, 1.807) is 6.33 Å². The number of aromatic nitrogens is 3. The van der Waals surface area contributed by atoms with Gasteiger partial charge in [-0.1, -0.05) is 62.9 Å². The van der Waals surface area contributed by atoms with Crippen molar-refractivity contribution >= 4 is 32.8 Å². The fourth-order valence-electron chi connectivity index (χ4n) is 4.73. The van der Waals surface area contributed by atoms with Crippen LogP contribution in [0.5, 0.6) is 0 Å². The molecule has 1 aromatic carbocycles. The standard InChI is InChI=1S/C24H31BrN4/c1-3-20-22(25)21-23(28-17(2)15-19-11-5-4-6-12-19)26-16-27-24(21)29(20)14-13-18-9-7-8-10-18/h4-6,11-12,16-18H,3,7-10,13-15H2,1-2H3,(H,26,27,28)/t17-/m1/s1. The van der Waals surface area contributed by atoms with Crippen LogP contribution in [0.25, 0.3) is 11.0 Å². The third kappa shape index (κ3) is 4.50. The molecule has 1 saturated carbocycles. The van der Waals surface area contributed by atoms with Crippen molar-refractivity contribution in [1.82, 2.24) is 14.5 Å². The predicted molar refractivity (Wildman–Crippen MR) is 124 cm³/mol. The largest absolute Gasteiger partial charge is 0.367 e. The molecule has 0 bridgehead atoms. The summed E-state index contributed by atoms with van der Waals surface area (Å²) in [6, 6.07) is 10.9. The van der Waals surface area contributed by atoms with Crippen LogP contribution in [-0.4, -0.2) is 20.6 Å². The van der Waals surface area contributed by atoms with Crippen LogP contribution in [0.2, 0.25) is 0 Å². The third-order valence-electron chi connectivity index (χ3n) is 6.22. The number of hydrogen-bond acceptors (Lipinski definition) is 3. The SMILES string of the molecule is CCc1c(Br)c2c(N[C@H](C)Cc3ccccc3)ncnc2n1CCC1CCCC1. The van der Waals surface area contributed by atoms with Crippen LogP contribution in [-0.2, 0) is 19.4 Å². The van der Waals surface area contributed by atoms with Gasteiger partial charge in [-0.3, -0.25) is 0 Å². The highest BCUT2D eigenvalue weighted by Gasteiger charge is 2.21. The Labute approximate surface area is 182 Å². The van der Waals surface area contributed by atoms with Gasteiger partial charge in [0, 0.05) is 18.3 Å². The van der Waals surface area contributed by atoms with Crippen molar-refractivity contribution in [1.29, 1.82) is 0 Å². The highest BCUT2D eigenvalue weighted by atomic mass is 79.9. The number of anilines is 1. The van der Waals surface area contributed by atoms with Crippen LogP contribution >= 0.6 is 15.9 Å². The molecule has 3 aromatic rings. The molecule has 0 aliphatic heterocycles. The van der Waals surface area contributed by atoms with Crippen molar-refractivity contribution in [2.45, 2.75) is 71.4 Å². The van der Waals surface area contributed by atoms with E-state index < -0.39 is 0 Å². The Bertz CT molecular complexity index is 944. The average Bonchev–Trinajstić information content (AvgIpc) is 3.33. The van der Waals surface area contributed by atoms with E-state index in [0.29, 0.717) is 0 Å². The molecule has 1 aliphatic carbocycles. The van der Waals surface area contributed by atoms with Crippen molar-refractivity contribution < 1.29 is 0 Å². The second-order valence-electron chi connectivity index (χ2n) is 8.36. The van der Waals surface area contributed by atoms with Crippen LogP contribution in [0.4, 0.5) is 5.82 Å². The minimum atomic E-state index is 0.286. The summed E-state index contributed by atoms with van der Waals surface area (Å²) < 4.78 is 3.57. The molecule has 1 N–H and O–H groups in total. The number of nitrogens with zero attached hydrogens (tertiary/aromatic N) is 3. The first kappa shape index (κ1) is 20.4. The molecule has 1 aliphatic rings. The van der Waals surface area contributed by atoms with E-state index >= 15 is 0 Å². The van der Waals surface area contributed by atoms with Crippen molar-refractivity contribution in [3.05, 3.63) is 52.4 Å². The van der Waals surface area contributed by atoms with E-state index in [-0.39, 0.29) is 6.04 Å². The maximum absolute atomic E-state index is 4.69. The smallest absolute Gasteiger partial charge is 0.146 e. The molecule has 0 radical (unpaired) electrons. The summed E-state index contributed by atoms with van der Waals surface area (Å²) in [6.45, 7) is 5.49. The zero-order chi connectivity index (χ0) is 20.2. The Morgan fingerprint density at radius 2 is 1.93 bits per heavy atom. The molecule has 154 valence electrons. The molecular formula is C24H31BrN4. The van der Waals surface area contributed by atoms with Gasteiger partial charge in [0.2, 0.25) is 0 Å². The average molecular weight is 455 g/mol. The zero-order valence-electron chi connectivity index (χ0n) is 17.5. The lowest BCUT2D eigenvalue weighted by Gasteiger charge is -2.15. The number of nitrogens with one attached hydrogen (secondary N) is 1. The summed E-state index contributed by atoms with van der Waals surface area (Å²) in [4.78, 5) is 9.30. The molecule has 0 saturated heterocycles. The molecule has 29 heavy (non-hydrogen) atoms. The number of fused-ring (bicyclic) bond motifs is 1. The second kappa shape index (κ2) is 9.29. The van der Waals surface area contributed by atoms with Crippen LogP contribution < -0.4 is 5.32 Å². The maximum atomic E-state index is 4.69. The first-order valence-corrected chi connectivity index (χ1v) is 11.8. The Balaban J connectivity index is 1.59. The van der Waals surface area contributed by atoms with Crippen LogP contribution in [0, 0.1) is 5.92 Å². The summed E-state index contributed by atoms with van der Waals surface area (Å²) in [7, 11) is 0. The molecule has 1 fully saturated rings. The van der Waals surface area contributed by atoms with Crippen molar-refractivity contribution in [3.63, 3.8) is 0 Å². The van der Waals surface area contributed by atoms with Gasteiger partial charge >= 0.3 is 0 Å². The first-order chi connectivity index (χ1) is 14.2. The van der Waals surface area contributed by atoms with Gasteiger partial charge < -0.3 is 9.88 Å². The Kier molecular flexibility index (Phi) is 6.53. The van der Waals surface area contributed by atoms with Gasteiger partial charge in [-0.2, -0.15) is 0 Å². The number of rotatable bonds is 8. The van der Waals surface area contributed by atoms with E-state index in [1.807, 2.05) is 0 Å². The van der Waals surface area contributed by atoms with Crippen LogP contribution in [0.15, 0.2) is 41.1 Å². The summed E-state index contributed by atoms with van der Waals surface area (Å²) >= 11 is 3.88. The fraction of sp³-hybridized carbons (Fsp3) is 0.500. The molecule has 5 heteroatoms. The lowest BCUT2D eigenvalue weighted by atomic mass is 10.0. The molecule has 0 amide bonds. The van der Waals surface area contributed by atoms with Crippen LogP contribution in [0.3, 0.4) is 0 Å². The fourth-order valence-corrected chi connectivity index (χ4v) is 5.59. The molecular weight excluding hydrogens is 424 g/mol. The monoisotopic (exact) mass is 454 g/mol. The summed E-state index contributed by atoms with van der Waals surface area (Å²) in [6.07, 6.45) is 10.5. The van der Waals surface area contributed by atoms with Crippen LogP contribution in [0.1, 0.15) is 57.2 Å². The second-order valence-corrected chi connectivity index (χ2v) is 9.15. The maximum Gasteiger partial charge on any atom is 0.146 e. The van der Waals surface area contributed by atoms with E-state index in [9.17, 15) is 0 Å². The Morgan fingerprint density at radius 1 is 1.17 bits per heavy atom. The number of benzene rings is 1. The molecule has 0 spiro atoms. The van der Waals surface area contributed by atoms with Gasteiger partial charge in [0.1, 0.15) is 17.8 Å². The van der Waals surface area contributed by atoms with Gasteiger partial charge in [0.15, 0.2) is 0 Å². The molecule has 4 nitrogen and oxygen atoms in total. The summed E-state index contributed by atoms with van der Waals surface area (Å²) in [5.41, 5.74) is 3.72. The normalized spacial score (nSPS) is 15.8. The quantitative estimate of drug-likeness (QED) is 0.429. The number of halogens is 1. The van der Waals surface area contributed by atoms with E-state index in [0.717, 1.165) is 46.6 Å². The molecule has 1 atom stereocenters. The van der Waals surface area contributed by atoms with Gasteiger partial charge in [-0.15, -0.1) is 0 Å². The number of aryl methyl sites for hydroxylation is 1. The van der Waals surface area contributed by atoms with Crippen molar-refractivity contribution in [2.75, 3.05) is 5.32 Å². The summed E-state index contributed by atoms with van der Waals surface area (Å²) in [5, 5.41) is 4.76. The van der Waals surface area contributed by atoms with E-state index in [2.05, 4.69) is 80.0 Å². The number of hydrogen-bond donors (Lipinski definition) is 1. The highest BCUT2D eigenvalue weighted by molar-refractivity contribution is 9.10. The minimum absolute atomic E-state index is 0.286. The molecule has 4 rings (SSSR count). The third-order valence-corrected chi connectivity index (χ3v) is 7.07. The lowest BCUT2D eigenvalue weighted by molar-refractivity contribution is 0.457. The van der Waals surface area contributed by atoms with Gasteiger partial charge in [-0.25, -0.2) is 9.97 Å². The summed E-state index contributed by atoms with van der Waals surface area (Å²) in [5.74, 6) is 1.81. The Hall–Kier alpha value is -1.88.